The SMILES string of the molecule is COc1ccc(C)c2sc(N(CCN3CCOCC3)C(=O)c3cccc(SC)c3)nc12. The van der Waals surface area contributed by atoms with Crippen LogP contribution in [0.1, 0.15) is 15.9 Å². The van der Waals surface area contributed by atoms with Gasteiger partial charge < -0.3 is 9.47 Å². The number of morpholine rings is 1. The highest BCUT2D eigenvalue weighted by Crippen LogP contribution is 2.37. The molecule has 0 N–H and O–H groups in total. The van der Waals surface area contributed by atoms with Crippen molar-refractivity contribution in [3.8, 4) is 5.75 Å². The molecular formula is C23H27N3O3S2. The van der Waals surface area contributed by atoms with Crippen LogP contribution in [0.4, 0.5) is 5.13 Å². The van der Waals surface area contributed by atoms with E-state index in [2.05, 4.69) is 11.8 Å². The first-order valence-electron chi connectivity index (χ1n) is 10.3. The Balaban J connectivity index is 1.69. The minimum absolute atomic E-state index is 0.0279. The third kappa shape index (κ3) is 4.87. The number of anilines is 1. The van der Waals surface area contributed by atoms with Gasteiger partial charge in [-0.15, -0.1) is 11.8 Å². The standard InChI is InChI=1S/C23H27N3O3S2/c1-16-7-8-19(28-2)20-21(16)31-23(24-20)26(10-9-25-11-13-29-14-12-25)22(27)17-5-4-6-18(15-17)30-3/h4-8,15H,9-14H2,1-3H3. The Labute approximate surface area is 191 Å². The summed E-state index contributed by atoms with van der Waals surface area (Å²) in [7, 11) is 1.65. The van der Waals surface area contributed by atoms with Gasteiger partial charge in [0.15, 0.2) is 5.13 Å². The molecule has 3 aromatic rings. The first-order chi connectivity index (χ1) is 15.1. The van der Waals surface area contributed by atoms with Crippen molar-refractivity contribution >= 4 is 44.4 Å². The molecule has 164 valence electrons. The Morgan fingerprint density at radius 3 is 2.84 bits per heavy atom. The lowest BCUT2D eigenvalue weighted by molar-refractivity contribution is 0.0391. The second-order valence-electron chi connectivity index (χ2n) is 7.40. The summed E-state index contributed by atoms with van der Waals surface area (Å²) in [5.74, 6) is 0.702. The highest BCUT2D eigenvalue weighted by atomic mass is 32.2. The molecule has 2 aromatic carbocycles. The summed E-state index contributed by atoms with van der Waals surface area (Å²) in [5, 5.41) is 0.704. The van der Waals surface area contributed by atoms with Crippen LogP contribution in [-0.2, 0) is 4.74 Å². The minimum atomic E-state index is -0.0279. The van der Waals surface area contributed by atoms with Gasteiger partial charge in [0, 0.05) is 36.6 Å². The summed E-state index contributed by atoms with van der Waals surface area (Å²) < 4.78 is 12.0. The van der Waals surface area contributed by atoms with Crippen molar-refractivity contribution in [2.75, 3.05) is 57.7 Å². The van der Waals surface area contributed by atoms with Crippen LogP contribution in [0.5, 0.6) is 5.75 Å². The van der Waals surface area contributed by atoms with E-state index < -0.39 is 0 Å². The molecule has 0 bridgehead atoms. The predicted octanol–water partition coefficient (Wildman–Crippen LogP) is 4.31. The van der Waals surface area contributed by atoms with E-state index in [1.807, 2.05) is 47.6 Å². The van der Waals surface area contributed by atoms with Gasteiger partial charge in [-0.2, -0.15) is 0 Å². The average molecular weight is 458 g/mol. The molecule has 0 aliphatic carbocycles. The highest BCUT2D eigenvalue weighted by molar-refractivity contribution is 7.98. The number of ether oxygens (including phenoxy) is 2. The molecule has 0 unspecified atom stereocenters. The lowest BCUT2D eigenvalue weighted by Crippen LogP contribution is -2.43. The molecule has 1 fully saturated rings. The number of methoxy groups -OCH3 is 1. The molecule has 6 nitrogen and oxygen atoms in total. The zero-order valence-corrected chi connectivity index (χ0v) is 19.7. The van der Waals surface area contributed by atoms with Gasteiger partial charge in [-0.25, -0.2) is 4.98 Å². The Hall–Kier alpha value is -2.13. The molecule has 2 heterocycles. The molecule has 0 saturated carbocycles. The number of aryl methyl sites for hydroxylation is 1. The molecule has 4 rings (SSSR count). The molecule has 0 atom stereocenters. The smallest absolute Gasteiger partial charge is 0.260 e. The van der Waals surface area contributed by atoms with E-state index >= 15 is 0 Å². The number of thioether (sulfide) groups is 1. The predicted molar refractivity (Wildman–Crippen MR) is 128 cm³/mol. The normalized spacial score (nSPS) is 14.7. The molecule has 1 amide bonds. The van der Waals surface area contributed by atoms with E-state index in [1.54, 1.807) is 30.2 Å². The van der Waals surface area contributed by atoms with Crippen LogP contribution >= 0.6 is 23.1 Å². The van der Waals surface area contributed by atoms with E-state index in [4.69, 9.17) is 14.5 Å². The van der Waals surface area contributed by atoms with Gasteiger partial charge in [0.2, 0.25) is 0 Å². The Morgan fingerprint density at radius 1 is 1.29 bits per heavy atom. The van der Waals surface area contributed by atoms with E-state index in [-0.39, 0.29) is 5.91 Å². The van der Waals surface area contributed by atoms with Gasteiger partial charge in [-0.05, 0) is 43.0 Å². The largest absolute Gasteiger partial charge is 0.494 e. The fraction of sp³-hybridized carbons (Fsp3) is 0.391. The van der Waals surface area contributed by atoms with Crippen molar-refractivity contribution in [3.05, 3.63) is 47.5 Å². The van der Waals surface area contributed by atoms with E-state index in [0.29, 0.717) is 17.2 Å². The Morgan fingerprint density at radius 2 is 2.10 bits per heavy atom. The molecular weight excluding hydrogens is 430 g/mol. The second kappa shape index (κ2) is 9.99. The third-order valence-electron chi connectivity index (χ3n) is 5.45. The van der Waals surface area contributed by atoms with Crippen LogP contribution in [0.25, 0.3) is 10.2 Å². The zero-order chi connectivity index (χ0) is 21.8. The number of carbonyl (C=O) groups is 1. The summed E-state index contributed by atoms with van der Waals surface area (Å²) in [6.45, 7) is 6.66. The quantitative estimate of drug-likeness (QED) is 0.493. The second-order valence-corrected chi connectivity index (χ2v) is 9.26. The molecule has 0 radical (unpaired) electrons. The molecule has 1 aromatic heterocycles. The van der Waals surface area contributed by atoms with Crippen molar-refractivity contribution in [2.24, 2.45) is 0 Å². The molecule has 0 spiro atoms. The number of benzene rings is 2. The minimum Gasteiger partial charge on any atom is -0.494 e. The van der Waals surface area contributed by atoms with Crippen LogP contribution in [0.3, 0.4) is 0 Å². The van der Waals surface area contributed by atoms with E-state index in [9.17, 15) is 4.79 Å². The van der Waals surface area contributed by atoms with Crippen LogP contribution < -0.4 is 9.64 Å². The fourth-order valence-corrected chi connectivity index (χ4v) is 5.18. The number of thiazole rings is 1. The number of fused-ring (bicyclic) bond motifs is 1. The molecule has 8 heteroatoms. The van der Waals surface area contributed by atoms with Crippen molar-refractivity contribution in [1.29, 1.82) is 0 Å². The van der Waals surface area contributed by atoms with Crippen molar-refractivity contribution in [1.82, 2.24) is 9.88 Å². The maximum Gasteiger partial charge on any atom is 0.260 e. The molecule has 31 heavy (non-hydrogen) atoms. The van der Waals surface area contributed by atoms with Gasteiger partial charge in [0.1, 0.15) is 11.3 Å². The maximum atomic E-state index is 13.6. The van der Waals surface area contributed by atoms with Gasteiger partial charge in [-0.1, -0.05) is 23.5 Å². The van der Waals surface area contributed by atoms with Crippen molar-refractivity contribution in [2.45, 2.75) is 11.8 Å². The van der Waals surface area contributed by atoms with Crippen LogP contribution in [0.15, 0.2) is 41.3 Å². The number of rotatable bonds is 7. The number of hydrogen-bond acceptors (Lipinski definition) is 7. The van der Waals surface area contributed by atoms with Gasteiger partial charge >= 0.3 is 0 Å². The third-order valence-corrected chi connectivity index (χ3v) is 7.39. The van der Waals surface area contributed by atoms with Crippen LogP contribution in [0.2, 0.25) is 0 Å². The van der Waals surface area contributed by atoms with Crippen molar-refractivity contribution < 1.29 is 14.3 Å². The fourth-order valence-electron chi connectivity index (χ4n) is 3.64. The number of hydrogen-bond donors (Lipinski definition) is 0. The Bertz CT molecular complexity index is 1060. The molecule has 1 aliphatic heterocycles. The summed E-state index contributed by atoms with van der Waals surface area (Å²) >= 11 is 3.18. The summed E-state index contributed by atoms with van der Waals surface area (Å²) in [5.41, 5.74) is 2.62. The summed E-state index contributed by atoms with van der Waals surface area (Å²) in [6.07, 6.45) is 2.02. The topological polar surface area (TPSA) is 54.9 Å². The highest BCUT2D eigenvalue weighted by Gasteiger charge is 2.24. The van der Waals surface area contributed by atoms with Gasteiger partial charge in [0.05, 0.1) is 25.0 Å². The van der Waals surface area contributed by atoms with Crippen LogP contribution in [0, 0.1) is 6.92 Å². The first kappa shape index (κ1) is 22.1. The zero-order valence-electron chi connectivity index (χ0n) is 18.1. The lowest BCUT2D eigenvalue weighted by atomic mass is 10.2. The van der Waals surface area contributed by atoms with Crippen LogP contribution in [-0.4, -0.2) is 68.5 Å². The number of nitrogens with zero attached hydrogens (tertiary/aromatic N) is 3. The molecule has 1 aliphatic rings. The summed E-state index contributed by atoms with van der Waals surface area (Å²) in [6, 6.07) is 11.8. The summed E-state index contributed by atoms with van der Waals surface area (Å²) in [4.78, 5) is 23.7. The van der Waals surface area contributed by atoms with E-state index in [0.717, 1.165) is 59.3 Å². The molecule has 1 saturated heterocycles. The van der Waals surface area contributed by atoms with Crippen molar-refractivity contribution in [3.63, 3.8) is 0 Å². The number of amides is 1. The Kier molecular flexibility index (Phi) is 7.12. The van der Waals surface area contributed by atoms with Gasteiger partial charge in [0.25, 0.3) is 5.91 Å². The monoisotopic (exact) mass is 457 g/mol. The van der Waals surface area contributed by atoms with Gasteiger partial charge in [-0.3, -0.25) is 14.6 Å². The number of carbonyl (C=O) groups excluding carboxylic acids is 1. The maximum absolute atomic E-state index is 13.6. The first-order valence-corrected chi connectivity index (χ1v) is 12.3. The number of aromatic nitrogens is 1. The van der Waals surface area contributed by atoms with E-state index in [1.165, 1.54) is 0 Å². The lowest BCUT2D eigenvalue weighted by Gasteiger charge is -2.29. The average Bonchev–Trinajstić information content (AvgIpc) is 3.26.